The SMILES string of the molecule is C/C(=C\CCCC(=O)O)c1cccs1. The van der Waals surface area contributed by atoms with Crippen molar-refractivity contribution in [1.82, 2.24) is 0 Å². The molecule has 0 aliphatic carbocycles. The number of hydrogen-bond acceptors (Lipinski definition) is 2. The summed E-state index contributed by atoms with van der Waals surface area (Å²) in [5.74, 6) is -0.716. The predicted molar refractivity (Wildman–Crippen MR) is 59.5 cm³/mol. The minimum atomic E-state index is -0.716. The van der Waals surface area contributed by atoms with Crippen molar-refractivity contribution in [3.05, 3.63) is 28.5 Å². The Balaban J connectivity index is 2.34. The number of carbonyl (C=O) groups is 1. The number of hydrogen-bond donors (Lipinski definition) is 1. The maximum Gasteiger partial charge on any atom is 0.303 e. The normalized spacial score (nSPS) is 11.6. The van der Waals surface area contributed by atoms with Gasteiger partial charge in [0.05, 0.1) is 0 Å². The molecule has 0 fully saturated rings. The van der Waals surface area contributed by atoms with Crippen molar-refractivity contribution < 1.29 is 9.90 Å². The van der Waals surface area contributed by atoms with Crippen LogP contribution in [0, 0.1) is 0 Å². The highest BCUT2D eigenvalue weighted by molar-refractivity contribution is 7.11. The molecule has 1 N–H and O–H groups in total. The van der Waals surface area contributed by atoms with E-state index < -0.39 is 5.97 Å². The second kappa shape index (κ2) is 5.60. The molecule has 0 saturated heterocycles. The molecule has 2 nitrogen and oxygen atoms in total. The first kappa shape index (κ1) is 11.0. The third-order valence-electron chi connectivity index (χ3n) is 1.96. The summed E-state index contributed by atoms with van der Waals surface area (Å²) < 4.78 is 0. The Morgan fingerprint density at radius 3 is 3.00 bits per heavy atom. The lowest BCUT2D eigenvalue weighted by molar-refractivity contribution is -0.137. The summed E-state index contributed by atoms with van der Waals surface area (Å²) in [5.41, 5.74) is 1.24. The van der Waals surface area contributed by atoms with E-state index in [4.69, 9.17) is 5.11 Å². The molecule has 0 atom stereocenters. The van der Waals surface area contributed by atoms with Crippen LogP contribution >= 0.6 is 11.3 Å². The molecule has 0 spiro atoms. The molecule has 76 valence electrons. The monoisotopic (exact) mass is 210 g/mol. The molecule has 0 aromatic carbocycles. The van der Waals surface area contributed by atoms with Gasteiger partial charge in [0.2, 0.25) is 0 Å². The van der Waals surface area contributed by atoms with Gasteiger partial charge in [0, 0.05) is 11.3 Å². The Hall–Kier alpha value is -1.09. The van der Waals surface area contributed by atoms with E-state index in [1.807, 2.05) is 11.4 Å². The van der Waals surface area contributed by atoms with E-state index in [0.717, 1.165) is 12.8 Å². The van der Waals surface area contributed by atoms with Crippen LogP contribution in [0.4, 0.5) is 0 Å². The molecule has 1 aromatic rings. The minimum Gasteiger partial charge on any atom is -0.481 e. The van der Waals surface area contributed by atoms with Gasteiger partial charge in [0.25, 0.3) is 0 Å². The summed E-state index contributed by atoms with van der Waals surface area (Å²) in [5, 5.41) is 10.5. The fraction of sp³-hybridized carbons (Fsp3) is 0.364. The summed E-state index contributed by atoms with van der Waals surface area (Å²) in [6.45, 7) is 2.06. The molecule has 0 unspecified atom stereocenters. The lowest BCUT2D eigenvalue weighted by atomic mass is 10.1. The summed E-state index contributed by atoms with van der Waals surface area (Å²) in [7, 11) is 0. The third kappa shape index (κ3) is 3.75. The van der Waals surface area contributed by atoms with Gasteiger partial charge in [0.1, 0.15) is 0 Å². The van der Waals surface area contributed by atoms with Crippen molar-refractivity contribution in [2.45, 2.75) is 26.2 Å². The molecule has 1 heterocycles. The molecule has 1 rings (SSSR count). The van der Waals surface area contributed by atoms with Crippen LogP contribution in [-0.4, -0.2) is 11.1 Å². The molecule has 3 heteroatoms. The van der Waals surface area contributed by atoms with Gasteiger partial charge in [-0.25, -0.2) is 0 Å². The smallest absolute Gasteiger partial charge is 0.303 e. The van der Waals surface area contributed by atoms with Crippen molar-refractivity contribution in [2.75, 3.05) is 0 Å². The van der Waals surface area contributed by atoms with Crippen LogP contribution in [0.25, 0.3) is 5.57 Å². The lowest BCUT2D eigenvalue weighted by Gasteiger charge is -1.96. The Morgan fingerprint density at radius 2 is 2.43 bits per heavy atom. The van der Waals surface area contributed by atoms with Crippen molar-refractivity contribution in [2.24, 2.45) is 0 Å². The Kier molecular flexibility index (Phi) is 4.40. The third-order valence-corrected chi connectivity index (χ3v) is 2.96. The number of carboxylic acids is 1. The fourth-order valence-corrected chi connectivity index (χ4v) is 1.91. The van der Waals surface area contributed by atoms with Gasteiger partial charge in [-0.15, -0.1) is 11.3 Å². The molecule has 0 saturated carbocycles. The zero-order valence-corrected chi connectivity index (χ0v) is 9.01. The highest BCUT2D eigenvalue weighted by atomic mass is 32.1. The van der Waals surface area contributed by atoms with Gasteiger partial charge in [-0.2, -0.15) is 0 Å². The van der Waals surface area contributed by atoms with E-state index in [0.29, 0.717) is 0 Å². The van der Waals surface area contributed by atoms with Crippen molar-refractivity contribution in [1.29, 1.82) is 0 Å². The van der Waals surface area contributed by atoms with E-state index in [2.05, 4.69) is 19.1 Å². The van der Waals surface area contributed by atoms with Crippen LogP contribution in [0.2, 0.25) is 0 Å². The minimum absolute atomic E-state index is 0.258. The van der Waals surface area contributed by atoms with Crippen LogP contribution in [0.3, 0.4) is 0 Å². The van der Waals surface area contributed by atoms with Gasteiger partial charge in [-0.05, 0) is 36.8 Å². The van der Waals surface area contributed by atoms with E-state index >= 15 is 0 Å². The zero-order chi connectivity index (χ0) is 10.4. The van der Waals surface area contributed by atoms with Gasteiger partial charge < -0.3 is 5.11 Å². The van der Waals surface area contributed by atoms with Crippen molar-refractivity contribution >= 4 is 22.9 Å². The van der Waals surface area contributed by atoms with Crippen molar-refractivity contribution in [3.63, 3.8) is 0 Å². The van der Waals surface area contributed by atoms with Crippen LogP contribution < -0.4 is 0 Å². The highest BCUT2D eigenvalue weighted by Gasteiger charge is 1.97. The van der Waals surface area contributed by atoms with Gasteiger partial charge in [-0.1, -0.05) is 12.1 Å². The molecule has 0 bridgehead atoms. The Morgan fingerprint density at radius 1 is 1.64 bits per heavy atom. The molecule has 0 amide bonds. The second-order valence-electron chi connectivity index (χ2n) is 3.15. The largest absolute Gasteiger partial charge is 0.481 e. The average molecular weight is 210 g/mol. The number of unbranched alkanes of at least 4 members (excludes halogenated alkanes) is 1. The van der Waals surface area contributed by atoms with E-state index in [-0.39, 0.29) is 6.42 Å². The fourth-order valence-electron chi connectivity index (χ4n) is 1.18. The highest BCUT2D eigenvalue weighted by Crippen LogP contribution is 2.20. The maximum atomic E-state index is 10.3. The first-order chi connectivity index (χ1) is 6.70. The number of thiophene rings is 1. The van der Waals surface area contributed by atoms with Gasteiger partial charge in [-0.3, -0.25) is 4.79 Å². The first-order valence-electron chi connectivity index (χ1n) is 4.62. The molecular weight excluding hydrogens is 196 g/mol. The summed E-state index contributed by atoms with van der Waals surface area (Å²) in [6.07, 6.45) is 3.93. The summed E-state index contributed by atoms with van der Waals surface area (Å²) >= 11 is 1.71. The van der Waals surface area contributed by atoms with Crippen LogP contribution in [0.15, 0.2) is 23.6 Å². The number of carboxylic acid groups (broad SMARTS) is 1. The zero-order valence-electron chi connectivity index (χ0n) is 8.19. The molecule has 14 heavy (non-hydrogen) atoms. The number of aliphatic carboxylic acids is 1. The number of allylic oxidation sites excluding steroid dienone is 2. The van der Waals surface area contributed by atoms with Crippen LogP contribution in [-0.2, 0) is 4.79 Å². The molecule has 0 aliphatic heterocycles. The lowest BCUT2D eigenvalue weighted by Crippen LogP contribution is -1.92. The molecule has 0 aliphatic rings. The predicted octanol–water partition coefficient (Wildman–Crippen LogP) is 3.41. The van der Waals surface area contributed by atoms with Crippen molar-refractivity contribution in [3.8, 4) is 0 Å². The van der Waals surface area contributed by atoms with E-state index in [1.165, 1.54) is 10.5 Å². The van der Waals surface area contributed by atoms with Gasteiger partial charge in [0.15, 0.2) is 0 Å². The quantitative estimate of drug-likeness (QED) is 0.756. The Labute approximate surface area is 87.9 Å². The van der Waals surface area contributed by atoms with Crippen LogP contribution in [0.5, 0.6) is 0 Å². The average Bonchev–Trinajstić information content (AvgIpc) is 2.64. The molecule has 1 aromatic heterocycles. The van der Waals surface area contributed by atoms with Crippen LogP contribution in [0.1, 0.15) is 31.1 Å². The molecular formula is C11H14O2S. The van der Waals surface area contributed by atoms with E-state index in [1.54, 1.807) is 11.3 Å². The second-order valence-corrected chi connectivity index (χ2v) is 4.10. The summed E-state index contributed by atoms with van der Waals surface area (Å²) in [4.78, 5) is 11.5. The maximum absolute atomic E-state index is 10.3. The van der Waals surface area contributed by atoms with E-state index in [9.17, 15) is 4.79 Å². The standard InChI is InChI=1S/C11H14O2S/c1-9(10-6-4-8-14-10)5-2-3-7-11(12)13/h4-6,8H,2-3,7H2,1H3,(H,12,13)/b9-5+. The summed E-state index contributed by atoms with van der Waals surface area (Å²) in [6, 6.07) is 4.10. The number of rotatable bonds is 5. The Bertz CT molecular complexity index is 312. The molecule has 0 radical (unpaired) electrons. The topological polar surface area (TPSA) is 37.3 Å². The van der Waals surface area contributed by atoms with Gasteiger partial charge >= 0.3 is 5.97 Å². The first-order valence-corrected chi connectivity index (χ1v) is 5.50.